The van der Waals surface area contributed by atoms with Gasteiger partial charge in [0.2, 0.25) is 0 Å². The molecular weight excluding hydrogens is 374 g/mol. The van der Waals surface area contributed by atoms with Crippen molar-refractivity contribution in [1.29, 1.82) is 0 Å². The summed E-state index contributed by atoms with van der Waals surface area (Å²) in [5.41, 5.74) is 8.35. The highest BCUT2D eigenvalue weighted by molar-refractivity contribution is 9.13. The predicted octanol–water partition coefficient (Wildman–Crippen LogP) is 2.09. The van der Waals surface area contributed by atoms with E-state index in [9.17, 15) is 5.11 Å². The number of nitrogens with zero attached hydrogens (tertiary/aromatic N) is 1. The number of thiocarbonyl (C=S) groups is 1. The number of halogens is 2. The lowest BCUT2D eigenvalue weighted by atomic mass is 10.2. The van der Waals surface area contributed by atoms with Gasteiger partial charge in [-0.3, -0.25) is 5.43 Å². The maximum atomic E-state index is 9.71. The molecule has 0 atom stereocenters. The largest absolute Gasteiger partial charge is 0.503 e. The SMILES string of the molecule is COc1cc(C=NNC(N)=S)c(Br)c(Br)c1O. The second kappa shape index (κ2) is 6.18. The van der Waals surface area contributed by atoms with Crippen molar-refractivity contribution in [2.24, 2.45) is 10.8 Å². The van der Waals surface area contributed by atoms with Crippen LogP contribution in [0.5, 0.6) is 11.5 Å². The van der Waals surface area contributed by atoms with E-state index in [-0.39, 0.29) is 10.9 Å². The quantitative estimate of drug-likeness (QED) is 0.423. The summed E-state index contributed by atoms with van der Waals surface area (Å²) in [7, 11) is 1.46. The van der Waals surface area contributed by atoms with Crippen molar-refractivity contribution in [2.45, 2.75) is 0 Å². The zero-order valence-electron chi connectivity index (χ0n) is 8.70. The number of hydrogen-bond donors (Lipinski definition) is 3. The molecule has 1 aromatic carbocycles. The molecular formula is C9H9Br2N3O2S. The third kappa shape index (κ3) is 3.55. The maximum absolute atomic E-state index is 9.71. The molecule has 0 aromatic heterocycles. The Hall–Kier alpha value is -0.860. The molecule has 0 aliphatic rings. The smallest absolute Gasteiger partial charge is 0.184 e. The molecule has 5 nitrogen and oxygen atoms in total. The van der Waals surface area contributed by atoms with Crippen LogP contribution in [0.2, 0.25) is 0 Å². The maximum Gasteiger partial charge on any atom is 0.184 e. The molecule has 0 bridgehead atoms. The summed E-state index contributed by atoms with van der Waals surface area (Å²) in [6, 6.07) is 1.62. The van der Waals surface area contributed by atoms with Gasteiger partial charge in [-0.15, -0.1) is 0 Å². The van der Waals surface area contributed by atoms with E-state index in [1.165, 1.54) is 13.3 Å². The van der Waals surface area contributed by atoms with Gasteiger partial charge in [0, 0.05) is 10.0 Å². The number of benzene rings is 1. The summed E-state index contributed by atoms with van der Waals surface area (Å²) in [6.07, 6.45) is 1.50. The van der Waals surface area contributed by atoms with Gasteiger partial charge in [0.05, 0.1) is 17.8 Å². The molecule has 0 radical (unpaired) electrons. The number of ether oxygens (including phenoxy) is 1. The monoisotopic (exact) mass is 381 g/mol. The van der Waals surface area contributed by atoms with E-state index in [1.807, 2.05) is 0 Å². The van der Waals surface area contributed by atoms with E-state index < -0.39 is 0 Å². The van der Waals surface area contributed by atoms with Crippen molar-refractivity contribution >= 4 is 55.4 Å². The molecule has 0 unspecified atom stereocenters. The third-order valence-corrected chi connectivity index (χ3v) is 4.02. The molecule has 0 saturated heterocycles. The van der Waals surface area contributed by atoms with Gasteiger partial charge in [-0.05, 0) is 50.1 Å². The highest BCUT2D eigenvalue weighted by atomic mass is 79.9. The van der Waals surface area contributed by atoms with Crippen LogP contribution in [0.3, 0.4) is 0 Å². The summed E-state index contributed by atoms with van der Waals surface area (Å²) in [5.74, 6) is 0.343. The molecule has 0 amide bonds. The van der Waals surface area contributed by atoms with Crippen molar-refractivity contribution in [1.82, 2.24) is 5.43 Å². The fourth-order valence-electron chi connectivity index (χ4n) is 1.03. The standard InChI is InChI=1S/C9H9Br2N3O2S/c1-16-5-2-4(3-13-14-9(12)17)6(10)7(11)8(5)15/h2-3,15H,1H3,(H3,12,14,17). The van der Waals surface area contributed by atoms with Crippen LogP contribution in [0.25, 0.3) is 0 Å². The first-order valence-corrected chi connectivity index (χ1v) is 6.30. The normalized spacial score (nSPS) is 10.5. The molecule has 8 heteroatoms. The highest BCUT2D eigenvalue weighted by Gasteiger charge is 2.13. The minimum absolute atomic E-state index is 0.0128. The first-order valence-electron chi connectivity index (χ1n) is 4.30. The molecule has 92 valence electrons. The van der Waals surface area contributed by atoms with Gasteiger partial charge in [0.1, 0.15) is 0 Å². The van der Waals surface area contributed by atoms with E-state index in [1.54, 1.807) is 6.07 Å². The number of hydrogen-bond acceptors (Lipinski definition) is 4. The Kier molecular flexibility index (Phi) is 5.16. The summed E-state index contributed by atoms with van der Waals surface area (Å²) in [6.45, 7) is 0. The van der Waals surface area contributed by atoms with Gasteiger partial charge in [-0.1, -0.05) is 0 Å². The Balaban J connectivity index is 3.12. The second-order valence-corrected chi connectivity index (χ2v) is 4.90. The predicted molar refractivity (Wildman–Crippen MR) is 77.6 cm³/mol. The van der Waals surface area contributed by atoms with Gasteiger partial charge in [-0.2, -0.15) is 5.10 Å². The van der Waals surface area contributed by atoms with E-state index >= 15 is 0 Å². The van der Waals surface area contributed by atoms with Crippen LogP contribution < -0.4 is 15.9 Å². The molecule has 4 N–H and O–H groups in total. The topological polar surface area (TPSA) is 79.9 Å². The lowest BCUT2D eigenvalue weighted by molar-refractivity contribution is 0.371. The minimum Gasteiger partial charge on any atom is -0.503 e. The van der Waals surface area contributed by atoms with Crippen molar-refractivity contribution in [3.05, 3.63) is 20.6 Å². The first-order chi connectivity index (χ1) is 7.97. The average molecular weight is 383 g/mol. The molecule has 0 aliphatic heterocycles. The van der Waals surface area contributed by atoms with Crippen molar-refractivity contribution in [2.75, 3.05) is 7.11 Å². The fourth-order valence-corrected chi connectivity index (χ4v) is 1.91. The number of phenols is 1. The zero-order chi connectivity index (χ0) is 13.0. The number of rotatable bonds is 3. The molecule has 0 fully saturated rings. The third-order valence-electron chi connectivity index (χ3n) is 1.77. The highest BCUT2D eigenvalue weighted by Crippen LogP contribution is 2.41. The molecule has 17 heavy (non-hydrogen) atoms. The van der Waals surface area contributed by atoms with Crippen molar-refractivity contribution < 1.29 is 9.84 Å². The summed E-state index contributed by atoms with van der Waals surface area (Å²) in [4.78, 5) is 0. The number of methoxy groups -OCH3 is 1. The van der Waals surface area contributed by atoms with Crippen LogP contribution in [-0.4, -0.2) is 23.5 Å². The molecule has 0 spiro atoms. The summed E-state index contributed by atoms with van der Waals surface area (Å²) >= 11 is 11.2. The van der Waals surface area contributed by atoms with Gasteiger partial charge in [0.15, 0.2) is 16.6 Å². The van der Waals surface area contributed by atoms with Crippen molar-refractivity contribution in [3.63, 3.8) is 0 Å². The van der Waals surface area contributed by atoms with Gasteiger partial charge in [0.25, 0.3) is 0 Å². The van der Waals surface area contributed by atoms with Crippen molar-refractivity contribution in [3.8, 4) is 11.5 Å². The van der Waals surface area contributed by atoms with Gasteiger partial charge in [-0.25, -0.2) is 0 Å². The minimum atomic E-state index is 0.0128. The van der Waals surface area contributed by atoms with Crippen LogP contribution in [0.15, 0.2) is 20.1 Å². The van der Waals surface area contributed by atoms with E-state index in [0.29, 0.717) is 20.3 Å². The Morgan fingerprint density at radius 3 is 2.76 bits per heavy atom. The Bertz CT molecular complexity index is 480. The Morgan fingerprint density at radius 1 is 1.59 bits per heavy atom. The molecule has 0 saturated carbocycles. The number of phenolic OH excluding ortho intramolecular Hbond substituents is 1. The average Bonchev–Trinajstić information content (AvgIpc) is 2.29. The Morgan fingerprint density at radius 2 is 2.24 bits per heavy atom. The number of nitrogens with two attached hydrogens (primary N) is 1. The van der Waals surface area contributed by atoms with Crippen LogP contribution in [0, 0.1) is 0 Å². The lowest BCUT2D eigenvalue weighted by Gasteiger charge is -2.09. The van der Waals surface area contributed by atoms with E-state index in [2.05, 4.69) is 54.6 Å². The van der Waals surface area contributed by atoms with Crippen LogP contribution in [0.4, 0.5) is 0 Å². The van der Waals surface area contributed by atoms with Crippen LogP contribution >= 0.6 is 44.1 Å². The van der Waals surface area contributed by atoms with Crippen LogP contribution in [0.1, 0.15) is 5.56 Å². The number of aromatic hydroxyl groups is 1. The van der Waals surface area contributed by atoms with E-state index in [0.717, 1.165) is 0 Å². The number of hydrazone groups is 1. The summed E-state index contributed by atoms with van der Waals surface area (Å²) < 4.78 is 6.14. The van der Waals surface area contributed by atoms with Gasteiger partial charge >= 0.3 is 0 Å². The Labute approximate surface area is 120 Å². The molecule has 1 rings (SSSR count). The van der Waals surface area contributed by atoms with Crippen LogP contribution in [-0.2, 0) is 0 Å². The number of nitrogens with one attached hydrogen (secondary N) is 1. The zero-order valence-corrected chi connectivity index (χ0v) is 12.7. The molecule has 0 aliphatic carbocycles. The molecule has 1 aromatic rings. The lowest BCUT2D eigenvalue weighted by Crippen LogP contribution is -2.24. The second-order valence-electron chi connectivity index (χ2n) is 2.88. The van der Waals surface area contributed by atoms with E-state index in [4.69, 9.17) is 10.5 Å². The summed E-state index contributed by atoms with van der Waals surface area (Å²) in [5, 5.41) is 13.6. The molecule has 0 heterocycles. The fraction of sp³-hybridized carbons (Fsp3) is 0.111. The van der Waals surface area contributed by atoms with Gasteiger partial charge < -0.3 is 15.6 Å². The first kappa shape index (κ1) is 14.2.